The van der Waals surface area contributed by atoms with Crippen LogP contribution in [0.15, 0.2) is 18.2 Å². The molecule has 1 fully saturated rings. The zero-order valence-corrected chi connectivity index (χ0v) is 9.97. The predicted octanol–water partition coefficient (Wildman–Crippen LogP) is 1.52. The van der Waals surface area contributed by atoms with E-state index in [0.717, 1.165) is 25.3 Å². The van der Waals surface area contributed by atoms with E-state index in [-0.39, 0.29) is 24.0 Å². The molecule has 1 unspecified atom stereocenters. The van der Waals surface area contributed by atoms with E-state index in [2.05, 4.69) is 0 Å². The summed E-state index contributed by atoms with van der Waals surface area (Å²) in [6.45, 7) is 0.426. The molecule has 4 nitrogen and oxygen atoms in total. The van der Waals surface area contributed by atoms with Crippen molar-refractivity contribution in [3.63, 3.8) is 0 Å². The number of nitrogens with zero attached hydrogens (tertiary/aromatic N) is 1. The highest BCUT2D eigenvalue weighted by molar-refractivity contribution is 5.95. The number of amides is 1. The van der Waals surface area contributed by atoms with Gasteiger partial charge in [0.2, 0.25) is 0 Å². The van der Waals surface area contributed by atoms with Gasteiger partial charge in [0, 0.05) is 12.6 Å². The van der Waals surface area contributed by atoms with Crippen LogP contribution in [0.1, 0.15) is 29.6 Å². The first-order valence-electron chi connectivity index (χ1n) is 6.04. The maximum atomic E-state index is 13.6. The molecule has 1 atom stereocenters. The number of likely N-dealkylation sites (tertiary alicyclic amines) is 1. The highest BCUT2D eigenvalue weighted by Crippen LogP contribution is 2.22. The van der Waals surface area contributed by atoms with Crippen LogP contribution < -0.4 is 0 Å². The summed E-state index contributed by atoms with van der Waals surface area (Å²) < 4.78 is 13.6. The molecule has 0 aromatic heterocycles. The third kappa shape index (κ3) is 2.46. The molecule has 1 aromatic rings. The molecule has 0 radical (unpaired) electrons. The molecule has 18 heavy (non-hydrogen) atoms. The van der Waals surface area contributed by atoms with E-state index in [1.54, 1.807) is 0 Å². The quantitative estimate of drug-likeness (QED) is 0.840. The van der Waals surface area contributed by atoms with Crippen molar-refractivity contribution in [1.29, 1.82) is 0 Å². The van der Waals surface area contributed by atoms with Gasteiger partial charge in [0.1, 0.15) is 11.6 Å². The lowest BCUT2D eigenvalue weighted by molar-refractivity contribution is 0.0498. The van der Waals surface area contributed by atoms with Gasteiger partial charge in [-0.3, -0.25) is 4.79 Å². The molecule has 0 spiro atoms. The standard InChI is InChI=1S/C13H16FNO3/c14-12-7-10(17)4-5-11(12)13(18)15-6-2-1-3-9(15)8-16/h4-5,7,9,16-17H,1-3,6,8H2. The molecule has 1 aromatic carbocycles. The van der Waals surface area contributed by atoms with Crippen LogP contribution in [0.3, 0.4) is 0 Å². The number of hydrogen-bond acceptors (Lipinski definition) is 3. The second kappa shape index (κ2) is 5.35. The highest BCUT2D eigenvalue weighted by Gasteiger charge is 2.28. The fourth-order valence-electron chi connectivity index (χ4n) is 2.29. The van der Waals surface area contributed by atoms with Crippen molar-refractivity contribution in [3.05, 3.63) is 29.6 Å². The minimum absolute atomic E-state index is 0.0619. The Morgan fingerprint density at radius 2 is 2.22 bits per heavy atom. The third-order valence-electron chi connectivity index (χ3n) is 3.28. The van der Waals surface area contributed by atoms with Crippen LogP contribution >= 0.6 is 0 Å². The smallest absolute Gasteiger partial charge is 0.257 e. The molecular weight excluding hydrogens is 237 g/mol. The van der Waals surface area contributed by atoms with Crippen LogP contribution in [-0.4, -0.2) is 40.2 Å². The van der Waals surface area contributed by atoms with E-state index in [1.807, 2.05) is 0 Å². The van der Waals surface area contributed by atoms with Gasteiger partial charge in [0.05, 0.1) is 18.2 Å². The predicted molar refractivity (Wildman–Crippen MR) is 63.8 cm³/mol. The minimum Gasteiger partial charge on any atom is -0.508 e. The monoisotopic (exact) mass is 253 g/mol. The fraction of sp³-hybridized carbons (Fsp3) is 0.462. The first kappa shape index (κ1) is 12.8. The molecule has 1 amide bonds. The van der Waals surface area contributed by atoms with Crippen molar-refractivity contribution in [2.75, 3.05) is 13.2 Å². The largest absolute Gasteiger partial charge is 0.508 e. The number of aliphatic hydroxyl groups is 1. The number of carbonyl (C=O) groups is 1. The van der Waals surface area contributed by atoms with Crippen molar-refractivity contribution in [3.8, 4) is 5.75 Å². The molecule has 1 heterocycles. The summed E-state index contributed by atoms with van der Waals surface area (Å²) in [7, 11) is 0. The number of piperidine rings is 1. The van der Waals surface area contributed by atoms with E-state index >= 15 is 0 Å². The molecule has 1 aliphatic rings. The number of rotatable bonds is 2. The normalized spacial score (nSPS) is 19.9. The Morgan fingerprint density at radius 1 is 1.44 bits per heavy atom. The third-order valence-corrected chi connectivity index (χ3v) is 3.28. The summed E-state index contributed by atoms with van der Waals surface area (Å²) in [5, 5.41) is 18.4. The Labute approximate surface area is 105 Å². The number of aliphatic hydroxyl groups excluding tert-OH is 1. The topological polar surface area (TPSA) is 60.8 Å². The maximum absolute atomic E-state index is 13.6. The average molecular weight is 253 g/mol. The number of benzene rings is 1. The van der Waals surface area contributed by atoms with Gasteiger partial charge in [-0.15, -0.1) is 0 Å². The zero-order valence-electron chi connectivity index (χ0n) is 9.97. The van der Waals surface area contributed by atoms with Gasteiger partial charge in [0.15, 0.2) is 0 Å². The van der Waals surface area contributed by atoms with Crippen LogP contribution in [0, 0.1) is 5.82 Å². The average Bonchev–Trinajstić information content (AvgIpc) is 2.38. The molecule has 2 N–H and O–H groups in total. The van der Waals surface area contributed by atoms with Crippen LogP contribution in [0.5, 0.6) is 5.75 Å². The first-order chi connectivity index (χ1) is 8.63. The number of halogens is 1. The molecule has 0 aliphatic carbocycles. The van der Waals surface area contributed by atoms with Gasteiger partial charge in [-0.25, -0.2) is 4.39 Å². The maximum Gasteiger partial charge on any atom is 0.257 e. The Bertz CT molecular complexity index is 450. The second-order valence-corrected chi connectivity index (χ2v) is 4.49. The minimum atomic E-state index is -0.734. The summed E-state index contributed by atoms with van der Waals surface area (Å²) in [5.41, 5.74) is -0.0619. The van der Waals surface area contributed by atoms with E-state index in [4.69, 9.17) is 5.11 Å². The van der Waals surface area contributed by atoms with Crippen LogP contribution in [0.4, 0.5) is 4.39 Å². The van der Waals surface area contributed by atoms with Crippen molar-refractivity contribution in [1.82, 2.24) is 4.90 Å². The Hall–Kier alpha value is -1.62. The van der Waals surface area contributed by atoms with Crippen molar-refractivity contribution in [2.24, 2.45) is 0 Å². The number of phenolic OH excluding ortho intramolecular Hbond substituents is 1. The lowest BCUT2D eigenvalue weighted by Crippen LogP contribution is -2.45. The zero-order chi connectivity index (χ0) is 13.1. The summed E-state index contributed by atoms with van der Waals surface area (Å²) in [6.07, 6.45) is 2.57. The van der Waals surface area contributed by atoms with Crippen LogP contribution in [-0.2, 0) is 0 Å². The molecule has 0 saturated carbocycles. The van der Waals surface area contributed by atoms with Gasteiger partial charge >= 0.3 is 0 Å². The van der Waals surface area contributed by atoms with Gasteiger partial charge in [-0.05, 0) is 31.4 Å². The van der Waals surface area contributed by atoms with Gasteiger partial charge < -0.3 is 15.1 Å². The number of carbonyl (C=O) groups excluding carboxylic acids is 1. The summed E-state index contributed by atoms with van der Waals surface area (Å²) >= 11 is 0. The lowest BCUT2D eigenvalue weighted by Gasteiger charge is -2.34. The number of aromatic hydroxyl groups is 1. The van der Waals surface area contributed by atoms with Gasteiger partial charge in [-0.2, -0.15) is 0 Å². The van der Waals surface area contributed by atoms with Crippen molar-refractivity contribution in [2.45, 2.75) is 25.3 Å². The summed E-state index contributed by atoms with van der Waals surface area (Å²) in [4.78, 5) is 13.7. The van der Waals surface area contributed by atoms with E-state index in [1.165, 1.54) is 17.0 Å². The van der Waals surface area contributed by atoms with E-state index in [9.17, 15) is 14.3 Å². The molecule has 1 aliphatic heterocycles. The molecule has 5 heteroatoms. The van der Waals surface area contributed by atoms with E-state index in [0.29, 0.717) is 6.54 Å². The molecule has 2 rings (SSSR count). The first-order valence-corrected chi connectivity index (χ1v) is 6.04. The number of phenols is 1. The van der Waals surface area contributed by atoms with Crippen LogP contribution in [0.2, 0.25) is 0 Å². The molecule has 1 saturated heterocycles. The SMILES string of the molecule is O=C(c1ccc(O)cc1F)N1CCCCC1CO. The Kier molecular flexibility index (Phi) is 3.81. The number of hydrogen-bond donors (Lipinski definition) is 2. The second-order valence-electron chi connectivity index (χ2n) is 4.49. The van der Waals surface area contributed by atoms with Crippen LogP contribution in [0.25, 0.3) is 0 Å². The molecule has 0 bridgehead atoms. The summed E-state index contributed by atoms with van der Waals surface area (Å²) in [6, 6.07) is 3.24. The van der Waals surface area contributed by atoms with Gasteiger partial charge in [-0.1, -0.05) is 0 Å². The fourth-order valence-corrected chi connectivity index (χ4v) is 2.29. The summed E-state index contributed by atoms with van der Waals surface area (Å²) in [5.74, 6) is -1.37. The Morgan fingerprint density at radius 3 is 2.89 bits per heavy atom. The van der Waals surface area contributed by atoms with E-state index < -0.39 is 11.7 Å². The molecule has 98 valence electrons. The lowest BCUT2D eigenvalue weighted by atomic mass is 10.0. The Balaban J connectivity index is 2.24. The molecular formula is C13H16FNO3. The highest BCUT2D eigenvalue weighted by atomic mass is 19.1. The van der Waals surface area contributed by atoms with Crippen molar-refractivity contribution >= 4 is 5.91 Å². The van der Waals surface area contributed by atoms with Gasteiger partial charge in [0.25, 0.3) is 5.91 Å². The van der Waals surface area contributed by atoms with Crippen molar-refractivity contribution < 1.29 is 19.4 Å².